The minimum Gasteiger partial charge on any atom is -0.480 e. The van der Waals surface area contributed by atoms with Crippen molar-refractivity contribution in [1.29, 1.82) is 0 Å². The minimum absolute atomic E-state index is 0.0394. The summed E-state index contributed by atoms with van der Waals surface area (Å²) in [5.74, 6) is -1.14. The molecule has 0 amide bonds. The lowest BCUT2D eigenvalue weighted by molar-refractivity contribution is -0.137. The highest BCUT2D eigenvalue weighted by molar-refractivity contribution is 7.73. The topological polar surface area (TPSA) is 83.5 Å². The zero-order valence-corrected chi connectivity index (χ0v) is 6.39. The lowest BCUT2D eigenvalue weighted by atomic mass is 10.2. The van der Waals surface area contributed by atoms with Gasteiger partial charge in [-0.2, -0.15) is 8.42 Å². The van der Waals surface area contributed by atoms with Crippen LogP contribution in [0.25, 0.3) is 0 Å². The maximum absolute atomic E-state index is 10.4. The monoisotopic (exact) mass is 177 g/mol. The molecule has 0 unspecified atom stereocenters. The van der Waals surface area contributed by atoms with E-state index in [0.29, 0.717) is 13.0 Å². The predicted molar refractivity (Wildman–Crippen MR) is 38.0 cm³/mol. The quantitative estimate of drug-likeness (QED) is 0.475. The van der Waals surface area contributed by atoms with Crippen molar-refractivity contribution in [2.24, 2.45) is 0 Å². The Morgan fingerprint density at radius 2 is 2.27 bits per heavy atom. The van der Waals surface area contributed by atoms with Crippen LogP contribution in [0.2, 0.25) is 0 Å². The number of carbonyl (C=O) groups is 1. The average Bonchev–Trinajstić information content (AvgIpc) is 2.32. The Hall–Kier alpha value is -0.880. The second-order valence-corrected chi connectivity index (χ2v) is 3.17. The normalized spacial score (nSPS) is 23.6. The van der Waals surface area contributed by atoms with Crippen molar-refractivity contribution in [3.8, 4) is 0 Å². The molecule has 0 aromatic heterocycles. The molecule has 1 heterocycles. The summed E-state index contributed by atoms with van der Waals surface area (Å²) in [6, 6.07) is -1.01. The van der Waals surface area contributed by atoms with Gasteiger partial charge in [0.25, 0.3) is 0 Å². The van der Waals surface area contributed by atoms with Gasteiger partial charge in [0.1, 0.15) is 6.04 Å². The Kier molecular flexibility index (Phi) is 2.25. The molecule has 0 saturated carbocycles. The molecule has 11 heavy (non-hydrogen) atoms. The third-order valence-electron chi connectivity index (χ3n) is 1.50. The Labute approximate surface area is 64.6 Å². The molecule has 0 aliphatic carbocycles. The number of rotatable bonds is 1. The summed E-state index contributed by atoms with van der Waals surface area (Å²) in [4.78, 5) is 10.4. The Bertz CT molecular complexity index is 296. The molecule has 62 valence electrons. The van der Waals surface area contributed by atoms with Crippen molar-refractivity contribution >= 4 is 21.1 Å². The van der Waals surface area contributed by atoms with Gasteiger partial charge < -0.3 is 5.11 Å². The van der Waals surface area contributed by atoms with Crippen LogP contribution in [-0.2, 0) is 15.1 Å². The first kappa shape index (κ1) is 8.22. The second-order valence-electron chi connectivity index (χ2n) is 2.18. The fourth-order valence-corrected chi connectivity index (χ4v) is 1.65. The standard InChI is InChI=1S/C5H7NO4S/c7-5(8)4-3(11(9)10)1-2-6-4/h4,6H,1-2H2,(H,7,8)/t4-/m0/s1. The van der Waals surface area contributed by atoms with E-state index >= 15 is 0 Å². The Morgan fingerprint density at radius 3 is 2.64 bits per heavy atom. The maximum Gasteiger partial charge on any atom is 0.326 e. The van der Waals surface area contributed by atoms with E-state index in [1.807, 2.05) is 0 Å². The van der Waals surface area contributed by atoms with E-state index in [0.717, 1.165) is 0 Å². The lowest BCUT2D eigenvalue weighted by Crippen LogP contribution is -2.35. The number of nitrogens with one attached hydrogen (secondary N) is 1. The van der Waals surface area contributed by atoms with Crippen molar-refractivity contribution in [1.82, 2.24) is 5.32 Å². The van der Waals surface area contributed by atoms with Crippen LogP contribution in [0.5, 0.6) is 0 Å². The van der Waals surface area contributed by atoms with Crippen LogP contribution < -0.4 is 5.32 Å². The van der Waals surface area contributed by atoms with Gasteiger partial charge in [-0.3, -0.25) is 10.1 Å². The van der Waals surface area contributed by atoms with Gasteiger partial charge in [0, 0.05) is 6.54 Å². The number of carboxylic acid groups (broad SMARTS) is 1. The molecular formula is C5H7NO4S. The van der Waals surface area contributed by atoms with Gasteiger partial charge in [0.2, 0.25) is 10.3 Å². The molecule has 0 radical (unpaired) electrons. The molecule has 1 saturated heterocycles. The molecule has 2 N–H and O–H groups in total. The summed E-state index contributed by atoms with van der Waals surface area (Å²) in [6.07, 6.45) is 0.299. The van der Waals surface area contributed by atoms with Gasteiger partial charge in [-0.1, -0.05) is 0 Å². The third-order valence-corrected chi connectivity index (χ3v) is 2.37. The van der Waals surface area contributed by atoms with Crippen molar-refractivity contribution in [3.05, 3.63) is 0 Å². The van der Waals surface area contributed by atoms with Crippen molar-refractivity contribution in [2.75, 3.05) is 6.54 Å². The third kappa shape index (κ3) is 1.58. The van der Waals surface area contributed by atoms with Gasteiger partial charge in [-0.25, -0.2) is 0 Å². The smallest absolute Gasteiger partial charge is 0.326 e. The Morgan fingerprint density at radius 1 is 1.64 bits per heavy atom. The predicted octanol–water partition coefficient (Wildman–Crippen LogP) is -1.52. The van der Waals surface area contributed by atoms with Gasteiger partial charge in [-0.05, 0) is 6.42 Å². The van der Waals surface area contributed by atoms with Gasteiger partial charge in [0.05, 0.1) is 4.86 Å². The molecule has 1 rings (SSSR count). The zero-order valence-electron chi connectivity index (χ0n) is 5.57. The van der Waals surface area contributed by atoms with Crippen molar-refractivity contribution in [3.63, 3.8) is 0 Å². The summed E-state index contributed by atoms with van der Waals surface area (Å²) in [7, 11) is -2.37. The summed E-state index contributed by atoms with van der Waals surface area (Å²) < 4.78 is 20.8. The molecule has 1 fully saturated rings. The summed E-state index contributed by atoms with van der Waals surface area (Å²) in [6.45, 7) is 0.417. The summed E-state index contributed by atoms with van der Waals surface area (Å²) in [5, 5.41) is 11.0. The first-order chi connectivity index (χ1) is 5.13. The largest absolute Gasteiger partial charge is 0.480 e. The van der Waals surface area contributed by atoms with Crippen LogP contribution in [0.15, 0.2) is 0 Å². The van der Waals surface area contributed by atoms with E-state index in [4.69, 9.17) is 5.11 Å². The fraction of sp³-hybridized carbons (Fsp3) is 0.600. The SMILES string of the molecule is O=C(O)[C@H]1NCCC1=S(=O)=O. The molecule has 6 heteroatoms. The highest BCUT2D eigenvalue weighted by Gasteiger charge is 2.29. The Balaban J connectivity index is 3.01. The average molecular weight is 177 g/mol. The van der Waals surface area contributed by atoms with E-state index in [2.05, 4.69) is 5.32 Å². The maximum atomic E-state index is 10.4. The molecule has 0 bridgehead atoms. The highest BCUT2D eigenvalue weighted by atomic mass is 32.2. The molecule has 0 aromatic carbocycles. The van der Waals surface area contributed by atoms with Crippen LogP contribution >= 0.6 is 0 Å². The van der Waals surface area contributed by atoms with Crippen molar-refractivity contribution in [2.45, 2.75) is 12.5 Å². The molecule has 0 spiro atoms. The number of hydrogen-bond donors (Lipinski definition) is 2. The van der Waals surface area contributed by atoms with Crippen LogP contribution in [0.4, 0.5) is 0 Å². The van der Waals surface area contributed by atoms with Crippen molar-refractivity contribution < 1.29 is 18.3 Å². The van der Waals surface area contributed by atoms with Crippen LogP contribution in [-0.4, -0.2) is 36.9 Å². The molecule has 0 aromatic rings. The van der Waals surface area contributed by atoms with E-state index in [1.54, 1.807) is 0 Å². The van der Waals surface area contributed by atoms with E-state index in [9.17, 15) is 13.2 Å². The van der Waals surface area contributed by atoms with Gasteiger partial charge in [0.15, 0.2) is 0 Å². The molecule has 1 aliphatic heterocycles. The number of carboxylic acids is 1. The van der Waals surface area contributed by atoms with Gasteiger partial charge in [-0.15, -0.1) is 0 Å². The zero-order chi connectivity index (χ0) is 8.43. The summed E-state index contributed by atoms with van der Waals surface area (Å²) >= 11 is 0. The van der Waals surface area contributed by atoms with Crippen LogP contribution in [0.3, 0.4) is 0 Å². The van der Waals surface area contributed by atoms with E-state index < -0.39 is 22.3 Å². The van der Waals surface area contributed by atoms with Crippen LogP contribution in [0.1, 0.15) is 6.42 Å². The van der Waals surface area contributed by atoms with E-state index in [1.165, 1.54) is 0 Å². The molecule has 5 nitrogen and oxygen atoms in total. The minimum atomic E-state index is -2.37. The lowest BCUT2D eigenvalue weighted by Gasteiger charge is -2.00. The number of hydrogen-bond acceptors (Lipinski definition) is 4. The first-order valence-electron chi connectivity index (χ1n) is 3.04. The van der Waals surface area contributed by atoms with Crippen LogP contribution in [0, 0.1) is 0 Å². The molecule has 1 atom stereocenters. The molecular weight excluding hydrogens is 170 g/mol. The van der Waals surface area contributed by atoms with Gasteiger partial charge >= 0.3 is 5.97 Å². The molecule has 1 aliphatic rings. The fourth-order valence-electron chi connectivity index (χ4n) is 1.00. The second kappa shape index (κ2) is 3.02. The number of aliphatic carboxylic acids is 1. The highest BCUT2D eigenvalue weighted by Crippen LogP contribution is 2.01. The first-order valence-corrected chi connectivity index (χ1v) is 4.11. The summed E-state index contributed by atoms with van der Waals surface area (Å²) in [5.41, 5.74) is 0. The van der Waals surface area contributed by atoms with E-state index in [-0.39, 0.29) is 4.86 Å².